The maximum Gasteiger partial charge on any atom is 0.257 e. The first-order chi connectivity index (χ1) is 10.1. The SMILES string of the molecule is CCCNc1cc(C)ccc1C(=O)Nc1ccccc1Br. The second kappa shape index (κ2) is 7.27. The number of nitrogens with one attached hydrogen (secondary N) is 2. The van der Waals surface area contributed by atoms with Gasteiger partial charge in [-0.2, -0.15) is 0 Å². The molecule has 0 heterocycles. The highest BCUT2D eigenvalue weighted by molar-refractivity contribution is 9.10. The highest BCUT2D eigenvalue weighted by Crippen LogP contribution is 2.24. The summed E-state index contributed by atoms with van der Waals surface area (Å²) in [6.45, 7) is 4.97. The van der Waals surface area contributed by atoms with Crippen molar-refractivity contribution in [3.05, 3.63) is 58.1 Å². The van der Waals surface area contributed by atoms with E-state index in [1.165, 1.54) is 0 Å². The monoisotopic (exact) mass is 346 g/mol. The van der Waals surface area contributed by atoms with Gasteiger partial charge in [0.15, 0.2) is 0 Å². The van der Waals surface area contributed by atoms with Gasteiger partial charge < -0.3 is 10.6 Å². The van der Waals surface area contributed by atoms with Gasteiger partial charge in [-0.25, -0.2) is 0 Å². The van der Waals surface area contributed by atoms with Gasteiger partial charge in [-0.15, -0.1) is 0 Å². The molecule has 4 heteroatoms. The zero-order valence-corrected chi connectivity index (χ0v) is 13.8. The third-order valence-electron chi connectivity index (χ3n) is 3.11. The molecule has 2 N–H and O–H groups in total. The van der Waals surface area contributed by atoms with E-state index >= 15 is 0 Å². The van der Waals surface area contributed by atoms with Crippen LogP contribution in [0.4, 0.5) is 11.4 Å². The Kier molecular flexibility index (Phi) is 5.39. The lowest BCUT2D eigenvalue weighted by atomic mass is 10.1. The Hall–Kier alpha value is -1.81. The molecule has 0 spiro atoms. The Morgan fingerprint density at radius 3 is 2.62 bits per heavy atom. The molecule has 0 atom stereocenters. The molecule has 0 aliphatic heterocycles. The molecule has 0 aliphatic rings. The van der Waals surface area contributed by atoms with Crippen molar-refractivity contribution in [3.63, 3.8) is 0 Å². The zero-order valence-electron chi connectivity index (χ0n) is 12.2. The van der Waals surface area contributed by atoms with Crippen molar-refractivity contribution >= 4 is 33.2 Å². The van der Waals surface area contributed by atoms with E-state index in [-0.39, 0.29) is 5.91 Å². The van der Waals surface area contributed by atoms with E-state index in [2.05, 4.69) is 33.5 Å². The fourth-order valence-corrected chi connectivity index (χ4v) is 2.40. The number of benzene rings is 2. The molecule has 0 bridgehead atoms. The lowest BCUT2D eigenvalue weighted by Gasteiger charge is -2.13. The lowest BCUT2D eigenvalue weighted by molar-refractivity contribution is 0.102. The number of halogens is 1. The molecule has 0 unspecified atom stereocenters. The van der Waals surface area contributed by atoms with Crippen LogP contribution in [0.5, 0.6) is 0 Å². The first-order valence-corrected chi connectivity index (χ1v) is 7.81. The summed E-state index contributed by atoms with van der Waals surface area (Å²) < 4.78 is 0.869. The average molecular weight is 347 g/mol. The zero-order chi connectivity index (χ0) is 15.2. The summed E-state index contributed by atoms with van der Waals surface area (Å²) in [5.74, 6) is -0.111. The van der Waals surface area contributed by atoms with E-state index < -0.39 is 0 Å². The molecule has 1 amide bonds. The fraction of sp³-hybridized carbons (Fsp3) is 0.235. The van der Waals surface area contributed by atoms with Crippen molar-refractivity contribution in [1.82, 2.24) is 0 Å². The molecule has 2 rings (SSSR count). The van der Waals surface area contributed by atoms with Crippen LogP contribution in [0.2, 0.25) is 0 Å². The molecule has 0 radical (unpaired) electrons. The third-order valence-corrected chi connectivity index (χ3v) is 3.80. The molecule has 21 heavy (non-hydrogen) atoms. The first kappa shape index (κ1) is 15.6. The van der Waals surface area contributed by atoms with E-state index in [4.69, 9.17) is 0 Å². The summed E-state index contributed by atoms with van der Waals surface area (Å²) in [5.41, 5.74) is 3.43. The smallest absolute Gasteiger partial charge is 0.257 e. The number of anilines is 2. The second-order valence-corrected chi connectivity index (χ2v) is 5.76. The summed E-state index contributed by atoms with van der Waals surface area (Å²) in [4.78, 5) is 12.5. The van der Waals surface area contributed by atoms with Crippen LogP contribution in [0.25, 0.3) is 0 Å². The second-order valence-electron chi connectivity index (χ2n) is 4.91. The Balaban J connectivity index is 2.24. The Bertz CT molecular complexity index is 640. The topological polar surface area (TPSA) is 41.1 Å². The summed E-state index contributed by atoms with van der Waals surface area (Å²) in [6.07, 6.45) is 1.01. The van der Waals surface area contributed by atoms with Gasteiger partial charge in [-0.1, -0.05) is 25.1 Å². The van der Waals surface area contributed by atoms with Crippen LogP contribution >= 0.6 is 15.9 Å². The number of hydrogen-bond donors (Lipinski definition) is 2. The van der Waals surface area contributed by atoms with Crippen molar-refractivity contribution < 1.29 is 4.79 Å². The minimum atomic E-state index is -0.111. The lowest BCUT2D eigenvalue weighted by Crippen LogP contribution is -2.15. The average Bonchev–Trinajstić information content (AvgIpc) is 2.47. The van der Waals surface area contributed by atoms with Gasteiger partial charge in [0.05, 0.1) is 11.3 Å². The Morgan fingerprint density at radius 1 is 1.14 bits per heavy atom. The van der Waals surface area contributed by atoms with Crippen LogP contribution in [0.3, 0.4) is 0 Å². The van der Waals surface area contributed by atoms with Crippen LogP contribution in [0.1, 0.15) is 29.3 Å². The van der Waals surface area contributed by atoms with E-state index in [0.29, 0.717) is 5.56 Å². The summed E-state index contributed by atoms with van der Waals surface area (Å²) in [5, 5.41) is 6.25. The molecule has 2 aromatic rings. The largest absolute Gasteiger partial charge is 0.384 e. The number of carbonyl (C=O) groups is 1. The minimum Gasteiger partial charge on any atom is -0.384 e. The van der Waals surface area contributed by atoms with Crippen molar-refractivity contribution in [2.24, 2.45) is 0 Å². The maximum atomic E-state index is 12.5. The number of carbonyl (C=O) groups excluding carboxylic acids is 1. The molecule has 3 nitrogen and oxygen atoms in total. The molecule has 110 valence electrons. The molecule has 0 saturated heterocycles. The Morgan fingerprint density at radius 2 is 1.90 bits per heavy atom. The van der Waals surface area contributed by atoms with Gasteiger partial charge in [0.1, 0.15) is 0 Å². The molecule has 0 aliphatic carbocycles. The normalized spacial score (nSPS) is 10.2. The minimum absolute atomic E-state index is 0.111. The predicted molar refractivity (Wildman–Crippen MR) is 92.1 cm³/mol. The number of para-hydroxylation sites is 1. The quantitative estimate of drug-likeness (QED) is 0.813. The molecule has 0 saturated carbocycles. The van der Waals surface area contributed by atoms with Gasteiger partial charge in [-0.3, -0.25) is 4.79 Å². The van der Waals surface area contributed by atoms with Crippen LogP contribution in [-0.2, 0) is 0 Å². The maximum absolute atomic E-state index is 12.5. The van der Waals surface area contributed by atoms with Gasteiger partial charge >= 0.3 is 0 Å². The van der Waals surface area contributed by atoms with Crippen molar-refractivity contribution in [3.8, 4) is 0 Å². The standard InChI is InChI=1S/C17H19BrN2O/c1-3-10-19-16-11-12(2)8-9-13(16)17(21)20-15-7-5-4-6-14(15)18/h4-9,11,19H,3,10H2,1-2H3,(H,20,21). The molecule has 0 aromatic heterocycles. The van der Waals surface area contributed by atoms with Crippen molar-refractivity contribution in [1.29, 1.82) is 0 Å². The first-order valence-electron chi connectivity index (χ1n) is 7.02. The molecule has 0 fully saturated rings. The van der Waals surface area contributed by atoms with Crippen molar-refractivity contribution in [2.75, 3.05) is 17.2 Å². The van der Waals surface area contributed by atoms with Crippen LogP contribution in [0.15, 0.2) is 46.9 Å². The van der Waals surface area contributed by atoms with Gasteiger partial charge in [-0.05, 0) is 59.1 Å². The summed E-state index contributed by atoms with van der Waals surface area (Å²) in [6, 6.07) is 13.4. The van der Waals surface area contributed by atoms with Crippen LogP contribution < -0.4 is 10.6 Å². The van der Waals surface area contributed by atoms with E-state index in [1.54, 1.807) is 0 Å². The van der Waals surface area contributed by atoms with Crippen molar-refractivity contribution in [2.45, 2.75) is 20.3 Å². The van der Waals surface area contributed by atoms with E-state index in [1.807, 2.05) is 49.4 Å². The third kappa shape index (κ3) is 4.08. The van der Waals surface area contributed by atoms with E-state index in [0.717, 1.165) is 34.4 Å². The van der Waals surface area contributed by atoms with Crippen LogP contribution in [0, 0.1) is 6.92 Å². The summed E-state index contributed by atoms with van der Waals surface area (Å²) in [7, 11) is 0. The molecule has 2 aromatic carbocycles. The predicted octanol–water partition coefficient (Wildman–Crippen LogP) is 4.83. The molecular weight excluding hydrogens is 328 g/mol. The Labute approximate surface area is 133 Å². The summed E-state index contributed by atoms with van der Waals surface area (Å²) >= 11 is 3.44. The highest BCUT2D eigenvalue weighted by atomic mass is 79.9. The van der Waals surface area contributed by atoms with Gasteiger partial charge in [0.25, 0.3) is 5.91 Å². The van der Waals surface area contributed by atoms with Gasteiger partial charge in [0.2, 0.25) is 0 Å². The van der Waals surface area contributed by atoms with Gasteiger partial charge in [0, 0.05) is 16.7 Å². The molecular formula is C17H19BrN2O. The number of aryl methyl sites for hydroxylation is 1. The van der Waals surface area contributed by atoms with Crippen LogP contribution in [-0.4, -0.2) is 12.5 Å². The number of rotatable bonds is 5. The number of amides is 1. The highest BCUT2D eigenvalue weighted by Gasteiger charge is 2.12. The fourth-order valence-electron chi connectivity index (χ4n) is 2.01. The number of hydrogen-bond acceptors (Lipinski definition) is 2. The van der Waals surface area contributed by atoms with E-state index in [9.17, 15) is 4.79 Å².